The summed E-state index contributed by atoms with van der Waals surface area (Å²) in [6, 6.07) is 0.980. The maximum Gasteiger partial charge on any atom is 0.410 e. The van der Waals surface area contributed by atoms with E-state index in [1.54, 1.807) is 0 Å². The van der Waals surface area contributed by atoms with Crippen LogP contribution in [0, 0.1) is 17.8 Å². The summed E-state index contributed by atoms with van der Waals surface area (Å²) in [6.07, 6.45) is 1.69. The van der Waals surface area contributed by atoms with Gasteiger partial charge in [-0.1, -0.05) is 0 Å². The summed E-state index contributed by atoms with van der Waals surface area (Å²) >= 11 is 0. The van der Waals surface area contributed by atoms with E-state index in [0.29, 0.717) is 43.6 Å². The molecule has 4 aliphatic rings. The molecule has 3 aliphatic heterocycles. The highest BCUT2D eigenvalue weighted by atomic mass is 16.6. The molecule has 3 saturated heterocycles. The van der Waals surface area contributed by atoms with Crippen LogP contribution in [-0.4, -0.2) is 90.8 Å². The minimum absolute atomic E-state index is 0.114. The van der Waals surface area contributed by atoms with E-state index in [1.165, 1.54) is 0 Å². The Morgan fingerprint density at radius 1 is 1.11 bits per heavy atom. The average Bonchev–Trinajstić information content (AvgIpc) is 3.12. The second kappa shape index (κ2) is 7.24. The van der Waals surface area contributed by atoms with Crippen molar-refractivity contribution in [1.82, 2.24) is 14.7 Å². The molecule has 5 atom stereocenters. The van der Waals surface area contributed by atoms with E-state index in [2.05, 4.69) is 18.7 Å². The highest BCUT2D eigenvalue weighted by Crippen LogP contribution is 2.53. The Balaban J connectivity index is 1.34. The van der Waals surface area contributed by atoms with Gasteiger partial charge in [-0.05, 0) is 45.4 Å². The van der Waals surface area contributed by atoms with Crippen LogP contribution in [0.3, 0.4) is 0 Å². The molecule has 1 aliphatic carbocycles. The molecule has 0 aromatic rings. The fourth-order valence-corrected chi connectivity index (χ4v) is 5.39. The molecule has 0 N–H and O–H groups in total. The van der Waals surface area contributed by atoms with Crippen molar-refractivity contribution in [3.05, 3.63) is 0 Å². The lowest BCUT2D eigenvalue weighted by Crippen LogP contribution is -2.62. The van der Waals surface area contributed by atoms with Gasteiger partial charge < -0.3 is 14.4 Å². The van der Waals surface area contributed by atoms with Crippen LogP contribution in [0.5, 0.6) is 0 Å². The molecule has 27 heavy (non-hydrogen) atoms. The lowest BCUT2D eigenvalue weighted by molar-refractivity contribution is -0.134. The summed E-state index contributed by atoms with van der Waals surface area (Å²) in [5, 5.41) is 0. The first-order valence-corrected chi connectivity index (χ1v) is 10.5. The first-order valence-electron chi connectivity index (χ1n) is 10.5. The van der Waals surface area contributed by atoms with Gasteiger partial charge in [0.1, 0.15) is 0 Å². The van der Waals surface area contributed by atoms with E-state index >= 15 is 0 Å². The molecule has 0 aromatic carbocycles. The third-order valence-electron chi connectivity index (χ3n) is 7.12. The Bertz CT molecular complexity index is 572. The Morgan fingerprint density at radius 3 is 2.22 bits per heavy atom. The molecule has 7 nitrogen and oxygen atoms in total. The summed E-state index contributed by atoms with van der Waals surface area (Å²) in [4.78, 5) is 31.3. The molecule has 4 fully saturated rings. The maximum atomic E-state index is 12.6. The number of amides is 2. The number of carbonyl (C=O) groups is 2. The van der Waals surface area contributed by atoms with Gasteiger partial charge in [-0.2, -0.15) is 0 Å². The molecule has 2 bridgehead atoms. The standard InChI is InChI=1S/C20H33N3O4/c1-5-27-20(25)23-14-6-13(7-15(23)11-26-10-14)22-8-16-17(9-22)18(16)19(24)21(4)12(2)3/h12-18H,5-11H2,1-4H3/t13?,14?,15?,16-,17+,18+. The maximum absolute atomic E-state index is 12.6. The molecule has 0 aromatic heterocycles. The van der Waals surface area contributed by atoms with Crippen molar-refractivity contribution in [3.8, 4) is 0 Å². The Kier molecular flexibility index (Phi) is 5.10. The fraction of sp³-hybridized carbons (Fsp3) is 0.900. The first-order chi connectivity index (χ1) is 12.9. The fourth-order valence-electron chi connectivity index (χ4n) is 5.39. The quantitative estimate of drug-likeness (QED) is 0.739. The molecule has 1 saturated carbocycles. The summed E-state index contributed by atoms with van der Waals surface area (Å²) in [5.74, 6) is 1.61. The zero-order valence-electron chi connectivity index (χ0n) is 17.0. The number of carbonyl (C=O) groups excluding carboxylic acids is 2. The number of morpholine rings is 1. The topological polar surface area (TPSA) is 62.3 Å². The predicted molar refractivity (Wildman–Crippen MR) is 100 cm³/mol. The zero-order chi connectivity index (χ0) is 19.3. The van der Waals surface area contributed by atoms with Crippen LogP contribution in [0.15, 0.2) is 0 Å². The second-order valence-corrected chi connectivity index (χ2v) is 8.93. The normalized spacial score (nSPS) is 37.9. The van der Waals surface area contributed by atoms with Crippen molar-refractivity contribution in [2.24, 2.45) is 17.8 Å². The highest BCUT2D eigenvalue weighted by molar-refractivity contribution is 5.82. The van der Waals surface area contributed by atoms with Crippen molar-refractivity contribution in [3.63, 3.8) is 0 Å². The molecule has 2 unspecified atom stereocenters. The largest absolute Gasteiger partial charge is 0.450 e. The number of nitrogens with zero attached hydrogens (tertiary/aromatic N) is 3. The number of hydrogen-bond acceptors (Lipinski definition) is 5. The van der Waals surface area contributed by atoms with Crippen LogP contribution < -0.4 is 0 Å². The van der Waals surface area contributed by atoms with E-state index in [0.717, 1.165) is 25.9 Å². The molecule has 2 amide bonds. The zero-order valence-corrected chi connectivity index (χ0v) is 17.0. The van der Waals surface area contributed by atoms with Crippen molar-refractivity contribution < 1.29 is 19.1 Å². The number of likely N-dealkylation sites (tertiary alicyclic amines) is 1. The van der Waals surface area contributed by atoms with Crippen LogP contribution in [0.4, 0.5) is 4.79 Å². The minimum atomic E-state index is -0.194. The summed E-state index contributed by atoms with van der Waals surface area (Å²) in [7, 11) is 1.92. The minimum Gasteiger partial charge on any atom is -0.450 e. The summed E-state index contributed by atoms with van der Waals surface area (Å²) in [5.41, 5.74) is 0. The molecule has 4 rings (SSSR count). The van der Waals surface area contributed by atoms with Crippen LogP contribution in [-0.2, 0) is 14.3 Å². The van der Waals surface area contributed by atoms with E-state index in [1.807, 2.05) is 23.8 Å². The van der Waals surface area contributed by atoms with Gasteiger partial charge in [-0.15, -0.1) is 0 Å². The van der Waals surface area contributed by atoms with Gasteiger partial charge >= 0.3 is 6.09 Å². The molecule has 0 spiro atoms. The Morgan fingerprint density at radius 2 is 1.70 bits per heavy atom. The molecule has 152 valence electrons. The van der Waals surface area contributed by atoms with E-state index < -0.39 is 0 Å². The van der Waals surface area contributed by atoms with Crippen molar-refractivity contribution >= 4 is 12.0 Å². The van der Waals surface area contributed by atoms with Crippen LogP contribution in [0.2, 0.25) is 0 Å². The van der Waals surface area contributed by atoms with E-state index in [4.69, 9.17) is 9.47 Å². The van der Waals surface area contributed by atoms with Gasteiger partial charge in [0, 0.05) is 38.1 Å². The Hall–Kier alpha value is -1.34. The molecule has 3 heterocycles. The lowest BCUT2D eigenvalue weighted by atomic mass is 9.89. The lowest BCUT2D eigenvalue weighted by Gasteiger charge is -2.49. The number of piperidine rings is 2. The number of rotatable bonds is 4. The van der Waals surface area contributed by atoms with Crippen LogP contribution in [0.25, 0.3) is 0 Å². The molecule has 0 radical (unpaired) electrons. The van der Waals surface area contributed by atoms with Crippen LogP contribution >= 0.6 is 0 Å². The van der Waals surface area contributed by atoms with Gasteiger partial charge in [0.15, 0.2) is 0 Å². The SMILES string of the molecule is CCOC(=O)N1C2COCC1CC(N1C[C@@H]3[C@H](C1)[C@H]3C(=O)N(C)C(C)C)C2. The monoisotopic (exact) mass is 379 g/mol. The molecule has 7 heteroatoms. The number of hydrogen-bond donors (Lipinski definition) is 0. The van der Waals surface area contributed by atoms with Gasteiger partial charge in [-0.3, -0.25) is 14.6 Å². The van der Waals surface area contributed by atoms with Gasteiger partial charge in [-0.25, -0.2) is 4.79 Å². The van der Waals surface area contributed by atoms with Crippen molar-refractivity contribution in [1.29, 1.82) is 0 Å². The van der Waals surface area contributed by atoms with E-state index in [9.17, 15) is 9.59 Å². The molecular formula is C20H33N3O4. The third-order valence-corrected chi connectivity index (χ3v) is 7.12. The van der Waals surface area contributed by atoms with Gasteiger partial charge in [0.2, 0.25) is 5.91 Å². The van der Waals surface area contributed by atoms with Gasteiger partial charge in [0.05, 0.1) is 31.9 Å². The third kappa shape index (κ3) is 3.33. The number of fused-ring (bicyclic) bond motifs is 3. The summed E-state index contributed by atoms with van der Waals surface area (Å²) < 4.78 is 11.0. The second-order valence-electron chi connectivity index (χ2n) is 8.93. The van der Waals surface area contributed by atoms with Crippen molar-refractivity contribution in [2.45, 2.75) is 57.8 Å². The first kappa shape index (κ1) is 19.0. The summed E-state index contributed by atoms with van der Waals surface area (Å²) in [6.45, 7) is 9.66. The highest BCUT2D eigenvalue weighted by Gasteiger charge is 2.61. The Labute approximate surface area is 161 Å². The number of ether oxygens (including phenoxy) is 2. The van der Waals surface area contributed by atoms with Crippen LogP contribution in [0.1, 0.15) is 33.6 Å². The predicted octanol–water partition coefficient (Wildman–Crippen LogP) is 1.42. The van der Waals surface area contributed by atoms with E-state index in [-0.39, 0.29) is 30.1 Å². The molecular weight excluding hydrogens is 346 g/mol. The van der Waals surface area contributed by atoms with Crippen molar-refractivity contribution in [2.75, 3.05) is 40.0 Å². The smallest absolute Gasteiger partial charge is 0.410 e. The average molecular weight is 380 g/mol. The van der Waals surface area contributed by atoms with Gasteiger partial charge in [0.25, 0.3) is 0 Å².